The highest BCUT2D eigenvalue weighted by Gasteiger charge is 2.29. The highest BCUT2D eigenvalue weighted by Crippen LogP contribution is 2.38. The van der Waals surface area contributed by atoms with Crippen molar-refractivity contribution in [2.24, 2.45) is 11.3 Å². The highest BCUT2D eigenvalue weighted by molar-refractivity contribution is 5.44. The molecular formula is C16H24FN. The molecule has 0 aliphatic heterocycles. The average molecular weight is 249 g/mol. The van der Waals surface area contributed by atoms with Crippen molar-refractivity contribution in [3.05, 3.63) is 30.1 Å². The van der Waals surface area contributed by atoms with Gasteiger partial charge in [0.1, 0.15) is 5.82 Å². The van der Waals surface area contributed by atoms with E-state index in [9.17, 15) is 4.39 Å². The quantitative estimate of drug-likeness (QED) is 0.790. The van der Waals surface area contributed by atoms with Crippen LogP contribution in [0.15, 0.2) is 24.3 Å². The Hall–Kier alpha value is -1.05. The second kappa shape index (κ2) is 5.29. The van der Waals surface area contributed by atoms with Crippen LogP contribution in [0.4, 0.5) is 10.1 Å². The molecule has 1 aliphatic rings. The van der Waals surface area contributed by atoms with Gasteiger partial charge in [-0.15, -0.1) is 0 Å². The molecule has 2 rings (SSSR count). The minimum atomic E-state index is -0.164. The van der Waals surface area contributed by atoms with Crippen molar-refractivity contribution in [3.63, 3.8) is 0 Å². The zero-order valence-electron chi connectivity index (χ0n) is 11.7. The van der Waals surface area contributed by atoms with Crippen LogP contribution in [0.5, 0.6) is 0 Å². The standard InChI is InChI=1S/C16H24FN/c1-16(2,3)12-7-9-14(10-8-12)18-15-6-4-5-13(17)11-15/h4-6,11-12,14,18H,7-10H2,1-3H3. The van der Waals surface area contributed by atoms with Crippen molar-refractivity contribution < 1.29 is 4.39 Å². The SMILES string of the molecule is CC(C)(C)C1CCC(Nc2cccc(F)c2)CC1. The minimum Gasteiger partial charge on any atom is -0.382 e. The van der Waals surface area contributed by atoms with E-state index in [1.165, 1.54) is 31.7 Å². The van der Waals surface area contributed by atoms with Crippen LogP contribution >= 0.6 is 0 Å². The van der Waals surface area contributed by atoms with E-state index in [0.29, 0.717) is 11.5 Å². The molecule has 0 heterocycles. The maximum Gasteiger partial charge on any atom is 0.125 e. The fraction of sp³-hybridized carbons (Fsp3) is 0.625. The Balaban J connectivity index is 1.87. The molecule has 0 spiro atoms. The van der Waals surface area contributed by atoms with Gasteiger partial charge in [-0.05, 0) is 55.2 Å². The molecule has 100 valence electrons. The number of hydrogen-bond acceptors (Lipinski definition) is 1. The van der Waals surface area contributed by atoms with Gasteiger partial charge in [0, 0.05) is 11.7 Å². The molecule has 1 fully saturated rings. The van der Waals surface area contributed by atoms with Crippen molar-refractivity contribution in [1.82, 2.24) is 0 Å². The number of halogens is 1. The van der Waals surface area contributed by atoms with Gasteiger partial charge in [-0.3, -0.25) is 0 Å². The number of benzene rings is 1. The molecule has 18 heavy (non-hydrogen) atoms. The molecule has 1 nitrogen and oxygen atoms in total. The maximum absolute atomic E-state index is 13.1. The van der Waals surface area contributed by atoms with Gasteiger partial charge < -0.3 is 5.32 Å². The van der Waals surface area contributed by atoms with Gasteiger partial charge in [0.2, 0.25) is 0 Å². The predicted molar refractivity (Wildman–Crippen MR) is 75.2 cm³/mol. The van der Waals surface area contributed by atoms with Crippen molar-refractivity contribution >= 4 is 5.69 Å². The summed E-state index contributed by atoms with van der Waals surface area (Å²) < 4.78 is 13.1. The summed E-state index contributed by atoms with van der Waals surface area (Å²) in [4.78, 5) is 0. The average Bonchev–Trinajstić information content (AvgIpc) is 2.28. The summed E-state index contributed by atoms with van der Waals surface area (Å²) in [6, 6.07) is 7.28. The monoisotopic (exact) mass is 249 g/mol. The minimum absolute atomic E-state index is 0.164. The van der Waals surface area contributed by atoms with E-state index in [0.717, 1.165) is 11.6 Å². The van der Waals surface area contributed by atoms with Crippen molar-refractivity contribution in [3.8, 4) is 0 Å². The zero-order valence-corrected chi connectivity index (χ0v) is 11.7. The number of rotatable bonds is 2. The van der Waals surface area contributed by atoms with Crippen LogP contribution in [0.1, 0.15) is 46.5 Å². The van der Waals surface area contributed by atoms with Crippen LogP contribution in [0.3, 0.4) is 0 Å². The van der Waals surface area contributed by atoms with Crippen LogP contribution < -0.4 is 5.32 Å². The van der Waals surface area contributed by atoms with E-state index < -0.39 is 0 Å². The third kappa shape index (κ3) is 3.47. The Morgan fingerprint density at radius 3 is 2.33 bits per heavy atom. The third-order valence-corrected chi connectivity index (χ3v) is 4.15. The van der Waals surface area contributed by atoms with Crippen LogP contribution in [0.25, 0.3) is 0 Å². The van der Waals surface area contributed by atoms with E-state index >= 15 is 0 Å². The Morgan fingerprint density at radius 2 is 1.78 bits per heavy atom. The number of nitrogens with one attached hydrogen (secondary N) is 1. The van der Waals surface area contributed by atoms with E-state index in [1.54, 1.807) is 12.1 Å². The summed E-state index contributed by atoms with van der Waals surface area (Å²) in [5.41, 5.74) is 1.33. The van der Waals surface area contributed by atoms with E-state index in [2.05, 4.69) is 26.1 Å². The molecule has 0 atom stereocenters. The first kappa shape index (κ1) is 13.4. The zero-order chi connectivity index (χ0) is 13.2. The van der Waals surface area contributed by atoms with E-state index in [1.807, 2.05) is 6.07 Å². The van der Waals surface area contributed by atoms with E-state index in [4.69, 9.17) is 0 Å². The first-order valence-corrected chi connectivity index (χ1v) is 6.97. The first-order valence-electron chi connectivity index (χ1n) is 6.97. The van der Waals surface area contributed by atoms with Crippen LogP contribution in [0.2, 0.25) is 0 Å². The van der Waals surface area contributed by atoms with Gasteiger partial charge in [-0.25, -0.2) is 4.39 Å². The Bertz CT molecular complexity index is 386. The van der Waals surface area contributed by atoms with Gasteiger partial charge in [0.05, 0.1) is 0 Å². The van der Waals surface area contributed by atoms with Gasteiger partial charge in [-0.1, -0.05) is 26.8 Å². The molecular weight excluding hydrogens is 225 g/mol. The fourth-order valence-corrected chi connectivity index (χ4v) is 2.92. The van der Waals surface area contributed by atoms with Crippen LogP contribution in [-0.2, 0) is 0 Å². The lowest BCUT2D eigenvalue weighted by Gasteiger charge is -2.37. The number of anilines is 1. The molecule has 0 bridgehead atoms. The molecule has 1 N–H and O–H groups in total. The van der Waals surface area contributed by atoms with Crippen LogP contribution in [0, 0.1) is 17.2 Å². The van der Waals surface area contributed by atoms with Gasteiger partial charge >= 0.3 is 0 Å². The second-order valence-electron chi connectivity index (χ2n) is 6.57. The number of hydrogen-bond donors (Lipinski definition) is 1. The largest absolute Gasteiger partial charge is 0.382 e. The first-order chi connectivity index (χ1) is 8.45. The molecule has 2 heteroatoms. The summed E-state index contributed by atoms with van der Waals surface area (Å²) in [6.45, 7) is 6.99. The Morgan fingerprint density at radius 1 is 1.11 bits per heavy atom. The predicted octanol–water partition coefficient (Wildman–Crippen LogP) is 4.84. The van der Waals surface area contributed by atoms with Gasteiger partial charge in [0.25, 0.3) is 0 Å². The molecule has 1 aliphatic carbocycles. The summed E-state index contributed by atoms with van der Waals surface area (Å²) in [7, 11) is 0. The molecule has 0 saturated heterocycles. The molecule has 0 aromatic heterocycles. The summed E-state index contributed by atoms with van der Waals surface area (Å²) in [5.74, 6) is 0.659. The molecule has 0 amide bonds. The lowest BCUT2D eigenvalue weighted by Crippen LogP contribution is -2.31. The molecule has 0 unspecified atom stereocenters. The van der Waals surface area contributed by atoms with Crippen molar-refractivity contribution in [1.29, 1.82) is 0 Å². The lowest BCUT2D eigenvalue weighted by molar-refractivity contribution is 0.173. The third-order valence-electron chi connectivity index (χ3n) is 4.15. The van der Waals surface area contributed by atoms with Gasteiger partial charge in [-0.2, -0.15) is 0 Å². The summed E-state index contributed by atoms with van der Waals surface area (Å²) in [5, 5.41) is 3.45. The lowest BCUT2D eigenvalue weighted by atomic mass is 9.71. The normalized spacial score (nSPS) is 24.9. The fourth-order valence-electron chi connectivity index (χ4n) is 2.92. The van der Waals surface area contributed by atoms with E-state index in [-0.39, 0.29) is 5.82 Å². The molecule has 0 radical (unpaired) electrons. The van der Waals surface area contributed by atoms with Crippen molar-refractivity contribution in [2.75, 3.05) is 5.32 Å². The molecule has 1 aromatic rings. The smallest absolute Gasteiger partial charge is 0.125 e. The van der Waals surface area contributed by atoms with Gasteiger partial charge in [0.15, 0.2) is 0 Å². The van der Waals surface area contributed by atoms with Crippen LogP contribution in [-0.4, -0.2) is 6.04 Å². The Labute approximate surface area is 110 Å². The summed E-state index contributed by atoms with van der Waals surface area (Å²) in [6.07, 6.45) is 4.93. The maximum atomic E-state index is 13.1. The van der Waals surface area contributed by atoms with Crippen molar-refractivity contribution in [2.45, 2.75) is 52.5 Å². The molecule has 1 saturated carbocycles. The summed E-state index contributed by atoms with van der Waals surface area (Å²) >= 11 is 0. The Kier molecular flexibility index (Phi) is 3.94. The second-order valence-corrected chi connectivity index (χ2v) is 6.57. The highest BCUT2D eigenvalue weighted by atomic mass is 19.1. The molecule has 1 aromatic carbocycles. The topological polar surface area (TPSA) is 12.0 Å².